The Morgan fingerprint density at radius 1 is 1.00 bits per heavy atom. The second kappa shape index (κ2) is 7.97. The minimum Gasteiger partial charge on any atom is -0.481 e. The molecule has 3 aromatic carbocycles. The van der Waals surface area contributed by atoms with Crippen LogP contribution in [0.25, 0.3) is 21.8 Å². The van der Waals surface area contributed by atoms with Crippen LogP contribution in [0.2, 0.25) is 0 Å². The van der Waals surface area contributed by atoms with E-state index in [2.05, 4.69) is 21.2 Å². The Labute approximate surface area is 166 Å². The van der Waals surface area contributed by atoms with Gasteiger partial charge in [0.2, 0.25) is 0 Å². The smallest absolute Gasteiger partial charge is 0.279 e. The van der Waals surface area contributed by atoms with Gasteiger partial charge in [0.1, 0.15) is 17.8 Å². The van der Waals surface area contributed by atoms with Crippen LogP contribution in [0.5, 0.6) is 5.75 Å². The number of carbonyl (C=O) groups is 2. The van der Waals surface area contributed by atoms with Gasteiger partial charge >= 0.3 is 0 Å². The third-order valence-electron chi connectivity index (χ3n) is 4.44. The molecule has 0 spiro atoms. The third kappa shape index (κ3) is 4.16. The van der Waals surface area contributed by atoms with Gasteiger partial charge in [-0.3, -0.25) is 20.4 Å². The Hall–Kier alpha value is -3.94. The molecule has 1 atom stereocenters. The first-order valence-electron chi connectivity index (χ1n) is 9.12. The average Bonchev–Trinajstić information content (AvgIpc) is 3.14. The molecular weight excluding hydrogens is 370 g/mol. The lowest BCUT2D eigenvalue weighted by Crippen LogP contribution is -2.48. The zero-order valence-electron chi connectivity index (χ0n) is 15.7. The predicted molar refractivity (Wildman–Crippen MR) is 108 cm³/mol. The summed E-state index contributed by atoms with van der Waals surface area (Å²) in [5.41, 5.74) is 6.18. The summed E-state index contributed by atoms with van der Waals surface area (Å²) in [6.07, 6.45) is -0.788. The Morgan fingerprint density at radius 2 is 1.76 bits per heavy atom. The predicted octanol–water partition coefficient (Wildman–Crippen LogP) is 2.20. The molecule has 4 aromatic rings. The second-order valence-corrected chi connectivity index (χ2v) is 6.54. The van der Waals surface area contributed by atoms with Crippen molar-refractivity contribution in [2.24, 2.45) is 0 Å². The van der Waals surface area contributed by atoms with Gasteiger partial charge < -0.3 is 4.74 Å². The number of aromatic nitrogens is 3. The maximum absolute atomic E-state index is 12.2. The Bertz CT molecular complexity index is 1190. The van der Waals surface area contributed by atoms with Crippen molar-refractivity contribution in [1.29, 1.82) is 0 Å². The Kier molecular flexibility index (Phi) is 5.07. The van der Waals surface area contributed by atoms with Gasteiger partial charge in [-0.05, 0) is 42.0 Å². The summed E-state index contributed by atoms with van der Waals surface area (Å²) in [4.78, 5) is 24.4. The van der Waals surface area contributed by atoms with Gasteiger partial charge in [-0.1, -0.05) is 47.7 Å². The quantitative estimate of drug-likeness (QED) is 0.510. The lowest BCUT2D eigenvalue weighted by Gasteiger charge is -2.15. The van der Waals surface area contributed by atoms with Gasteiger partial charge in [0.15, 0.2) is 6.10 Å². The van der Waals surface area contributed by atoms with E-state index in [1.807, 2.05) is 60.7 Å². The number of benzene rings is 3. The van der Waals surface area contributed by atoms with Crippen LogP contribution in [-0.2, 0) is 16.1 Å². The molecule has 2 N–H and O–H groups in total. The van der Waals surface area contributed by atoms with Crippen LogP contribution in [0.15, 0.2) is 66.7 Å². The summed E-state index contributed by atoms with van der Waals surface area (Å²) in [5, 5.41) is 10.0. The monoisotopic (exact) mass is 389 g/mol. The van der Waals surface area contributed by atoms with Crippen molar-refractivity contribution < 1.29 is 14.3 Å². The molecule has 1 heterocycles. The van der Waals surface area contributed by atoms with E-state index in [0.29, 0.717) is 11.3 Å². The second-order valence-electron chi connectivity index (χ2n) is 6.54. The molecule has 1 unspecified atom stereocenters. The number of hydrogen-bond acceptors (Lipinski definition) is 5. The van der Waals surface area contributed by atoms with Crippen molar-refractivity contribution >= 4 is 33.6 Å². The number of amides is 2. The van der Waals surface area contributed by atoms with Crippen LogP contribution in [0, 0.1) is 0 Å². The molecule has 1 aromatic heterocycles. The Balaban J connectivity index is 1.31. The molecule has 8 nitrogen and oxygen atoms in total. The van der Waals surface area contributed by atoms with E-state index in [1.54, 1.807) is 13.0 Å². The first kappa shape index (κ1) is 18.4. The molecule has 4 rings (SSSR count). The summed E-state index contributed by atoms with van der Waals surface area (Å²) in [6, 6.07) is 20.8. The van der Waals surface area contributed by atoms with Gasteiger partial charge in [-0.2, -0.15) is 0 Å². The molecule has 0 saturated carbocycles. The number of para-hydroxylation sites is 1. The minimum atomic E-state index is -0.788. The van der Waals surface area contributed by atoms with Crippen LogP contribution < -0.4 is 15.6 Å². The molecule has 0 aliphatic carbocycles. The zero-order chi connectivity index (χ0) is 20.2. The van der Waals surface area contributed by atoms with E-state index in [-0.39, 0.29) is 6.54 Å². The molecule has 0 bridgehead atoms. The SMILES string of the molecule is CC(Oc1ccc2ccccc2c1)C(=O)NNC(=O)Cn1nnc2ccccc21. The summed E-state index contributed by atoms with van der Waals surface area (Å²) in [7, 11) is 0. The van der Waals surface area contributed by atoms with Crippen LogP contribution in [0.3, 0.4) is 0 Å². The van der Waals surface area contributed by atoms with Gasteiger partial charge in [0.05, 0.1) is 5.52 Å². The molecule has 0 aliphatic heterocycles. The Morgan fingerprint density at radius 3 is 2.62 bits per heavy atom. The molecule has 146 valence electrons. The molecule has 29 heavy (non-hydrogen) atoms. The highest BCUT2D eigenvalue weighted by Crippen LogP contribution is 2.21. The normalized spacial score (nSPS) is 11.9. The summed E-state index contributed by atoms with van der Waals surface area (Å²) < 4.78 is 7.15. The van der Waals surface area contributed by atoms with Crippen molar-refractivity contribution in [3.8, 4) is 5.75 Å². The average molecular weight is 389 g/mol. The highest BCUT2D eigenvalue weighted by molar-refractivity contribution is 5.86. The number of fused-ring (bicyclic) bond motifs is 2. The van der Waals surface area contributed by atoms with Crippen LogP contribution in [0.1, 0.15) is 6.92 Å². The fraction of sp³-hybridized carbons (Fsp3) is 0.143. The number of carbonyl (C=O) groups excluding carboxylic acids is 2. The van der Waals surface area contributed by atoms with Gasteiger partial charge in [-0.25, -0.2) is 4.68 Å². The highest BCUT2D eigenvalue weighted by Gasteiger charge is 2.16. The molecule has 0 fully saturated rings. The maximum Gasteiger partial charge on any atom is 0.279 e. The van der Waals surface area contributed by atoms with Crippen molar-refractivity contribution in [2.45, 2.75) is 19.6 Å². The van der Waals surface area contributed by atoms with E-state index in [9.17, 15) is 9.59 Å². The number of ether oxygens (including phenoxy) is 1. The van der Waals surface area contributed by atoms with E-state index < -0.39 is 17.9 Å². The number of nitrogens with zero attached hydrogens (tertiary/aromatic N) is 3. The maximum atomic E-state index is 12.2. The number of hydrogen-bond donors (Lipinski definition) is 2. The van der Waals surface area contributed by atoms with Crippen molar-refractivity contribution in [3.05, 3.63) is 66.7 Å². The van der Waals surface area contributed by atoms with Crippen molar-refractivity contribution in [2.75, 3.05) is 0 Å². The lowest BCUT2D eigenvalue weighted by atomic mass is 10.1. The topological polar surface area (TPSA) is 98.1 Å². The van der Waals surface area contributed by atoms with Gasteiger partial charge in [0.25, 0.3) is 11.8 Å². The summed E-state index contributed by atoms with van der Waals surface area (Å²) in [5.74, 6) is -0.311. The fourth-order valence-corrected chi connectivity index (χ4v) is 2.94. The van der Waals surface area contributed by atoms with E-state index >= 15 is 0 Å². The van der Waals surface area contributed by atoms with Crippen LogP contribution in [0.4, 0.5) is 0 Å². The minimum absolute atomic E-state index is 0.0687. The molecule has 0 radical (unpaired) electrons. The first-order valence-corrected chi connectivity index (χ1v) is 9.12. The number of nitrogens with one attached hydrogen (secondary N) is 2. The van der Waals surface area contributed by atoms with Gasteiger partial charge in [0, 0.05) is 0 Å². The highest BCUT2D eigenvalue weighted by atomic mass is 16.5. The van der Waals surface area contributed by atoms with E-state index in [0.717, 1.165) is 16.3 Å². The molecule has 8 heteroatoms. The van der Waals surface area contributed by atoms with Crippen LogP contribution in [-0.4, -0.2) is 32.9 Å². The molecule has 0 saturated heterocycles. The number of hydrazine groups is 1. The van der Waals surface area contributed by atoms with Crippen molar-refractivity contribution in [1.82, 2.24) is 25.8 Å². The molecule has 2 amide bonds. The summed E-state index contributed by atoms with van der Waals surface area (Å²) in [6.45, 7) is 1.54. The molecular formula is C21H19N5O3. The first-order chi connectivity index (χ1) is 14.1. The zero-order valence-corrected chi connectivity index (χ0v) is 15.7. The van der Waals surface area contributed by atoms with Crippen molar-refractivity contribution in [3.63, 3.8) is 0 Å². The van der Waals surface area contributed by atoms with E-state index in [4.69, 9.17) is 4.74 Å². The number of rotatable bonds is 5. The lowest BCUT2D eigenvalue weighted by molar-refractivity contribution is -0.133. The van der Waals surface area contributed by atoms with E-state index in [1.165, 1.54) is 4.68 Å². The molecule has 0 aliphatic rings. The third-order valence-corrected chi connectivity index (χ3v) is 4.44. The summed E-state index contributed by atoms with van der Waals surface area (Å²) >= 11 is 0. The van der Waals surface area contributed by atoms with Crippen LogP contribution >= 0.6 is 0 Å². The fourth-order valence-electron chi connectivity index (χ4n) is 2.94. The largest absolute Gasteiger partial charge is 0.481 e. The standard InChI is InChI=1S/C21H19N5O3/c1-14(29-17-11-10-15-6-2-3-7-16(15)12-17)21(28)24-23-20(27)13-26-19-9-5-4-8-18(19)22-25-26/h2-12,14H,13H2,1H3,(H,23,27)(H,24,28). The van der Waals surface area contributed by atoms with Gasteiger partial charge in [-0.15, -0.1) is 5.10 Å².